The van der Waals surface area contributed by atoms with E-state index in [1.54, 1.807) is 6.07 Å². The third-order valence-electron chi connectivity index (χ3n) is 2.86. The van der Waals surface area contributed by atoms with Gasteiger partial charge in [-0.25, -0.2) is 4.79 Å². The molecule has 0 atom stereocenters. The van der Waals surface area contributed by atoms with Gasteiger partial charge in [0.15, 0.2) is 0 Å². The zero-order valence-electron chi connectivity index (χ0n) is 11.2. The predicted molar refractivity (Wildman–Crippen MR) is 65.3 cm³/mol. The van der Waals surface area contributed by atoms with Gasteiger partial charge in [0.25, 0.3) is 0 Å². The predicted octanol–water partition coefficient (Wildman–Crippen LogP) is -0.0247. The molecule has 1 N–H and O–H groups in total. The maximum atomic E-state index is 11.1. The summed E-state index contributed by atoms with van der Waals surface area (Å²) >= 11 is 0. The summed E-state index contributed by atoms with van der Waals surface area (Å²) in [7, 11) is 0. The summed E-state index contributed by atoms with van der Waals surface area (Å²) in [6.07, 6.45) is 6.46. The third-order valence-corrected chi connectivity index (χ3v) is 2.86. The number of benzene rings is 1. The van der Waals surface area contributed by atoms with E-state index in [9.17, 15) is 9.90 Å². The molecule has 94 valence electrons. The molecule has 0 aromatic heterocycles. The largest absolute Gasteiger partial charge is 1.00 e. The van der Waals surface area contributed by atoms with Crippen LogP contribution in [0.15, 0.2) is 18.2 Å². The van der Waals surface area contributed by atoms with E-state index in [-0.39, 0.29) is 62.7 Å². The van der Waals surface area contributed by atoms with E-state index < -0.39 is 5.97 Å². The minimum absolute atomic E-state index is 0. The summed E-state index contributed by atoms with van der Waals surface area (Å²) in [6, 6.07) is 4.29. The van der Waals surface area contributed by atoms with Gasteiger partial charge in [0.05, 0.1) is 5.56 Å². The molecule has 1 rings (SSSR count). The molecule has 0 aliphatic rings. The molecule has 3 nitrogen and oxygen atoms in total. The van der Waals surface area contributed by atoms with Crippen LogP contribution in [0.3, 0.4) is 0 Å². The van der Waals surface area contributed by atoms with Crippen LogP contribution >= 0.6 is 0 Å². The molecule has 0 amide bonds. The van der Waals surface area contributed by atoms with Crippen molar-refractivity contribution in [3.8, 4) is 5.75 Å². The van der Waals surface area contributed by atoms with Crippen LogP contribution in [0.5, 0.6) is 5.75 Å². The fourth-order valence-corrected chi connectivity index (χ4v) is 1.89. The van der Waals surface area contributed by atoms with Crippen LogP contribution in [0.4, 0.5) is 0 Å². The van der Waals surface area contributed by atoms with Crippen molar-refractivity contribution in [1.82, 2.24) is 0 Å². The van der Waals surface area contributed by atoms with Gasteiger partial charge in [-0.05, 0) is 18.4 Å². The van der Waals surface area contributed by atoms with Crippen molar-refractivity contribution in [2.45, 2.75) is 45.4 Å². The molecule has 4 heteroatoms. The first kappa shape index (κ1) is 18.1. The van der Waals surface area contributed by atoms with Gasteiger partial charge in [-0.15, -0.1) is 5.75 Å². The number of carbonyl (C=O) groups is 1. The van der Waals surface area contributed by atoms with Crippen molar-refractivity contribution in [1.29, 1.82) is 0 Å². The molecule has 1 aromatic carbocycles. The first-order chi connectivity index (χ1) is 8.15. The van der Waals surface area contributed by atoms with Gasteiger partial charge in [-0.2, -0.15) is 0 Å². The van der Waals surface area contributed by atoms with Crippen LogP contribution in [-0.4, -0.2) is 11.1 Å². The first-order valence-electron chi connectivity index (χ1n) is 6.18. The minimum atomic E-state index is -1.01. The van der Waals surface area contributed by atoms with Crippen LogP contribution in [-0.2, 0) is 6.42 Å². The van der Waals surface area contributed by atoms with Crippen molar-refractivity contribution in [2.75, 3.05) is 0 Å². The minimum Gasteiger partial charge on any atom is -0.872 e. The number of unbranched alkanes of at least 4 members (excludes halogenated alkanes) is 4. The molecule has 18 heavy (non-hydrogen) atoms. The number of aromatic carboxylic acids is 1. The number of carboxylic acids is 1. The van der Waals surface area contributed by atoms with Gasteiger partial charge in [-0.3, -0.25) is 0 Å². The van der Waals surface area contributed by atoms with Crippen molar-refractivity contribution in [3.63, 3.8) is 0 Å². The second-order valence-corrected chi connectivity index (χ2v) is 4.29. The fourth-order valence-electron chi connectivity index (χ4n) is 1.89. The number of carboxylic acid groups (broad SMARTS) is 1. The summed E-state index contributed by atoms with van der Waals surface area (Å²) in [6.45, 7) is 2.16. The van der Waals surface area contributed by atoms with Gasteiger partial charge in [0.2, 0.25) is 0 Å². The maximum Gasteiger partial charge on any atom is 1.00 e. The normalized spacial score (nSPS) is 9.83. The van der Waals surface area contributed by atoms with E-state index in [1.807, 2.05) is 0 Å². The number of aryl methyl sites for hydroxylation is 1. The Labute approximate surface area is 151 Å². The molecule has 1 aromatic rings. The van der Waals surface area contributed by atoms with Gasteiger partial charge >= 0.3 is 57.4 Å². The molecule has 0 fully saturated rings. The van der Waals surface area contributed by atoms with Gasteiger partial charge in [-0.1, -0.05) is 50.8 Å². The van der Waals surface area contributed by atoms with E-state index >= 15 is 0 Å². The standard InChI is InChI=1S/C14H20O3.K/c1-2-3-4-5-6-7-11-8-9-12(15)10-13(11)14(16)17;/h8-10,15H,2-7H2,1H3,(H,16,17);/q;+1/p-1. The average molecular weight is 274 g/mol. The van der Waals surface area contributed by atoms with Gasteiger partial charge < -0.3 is 10.2 Å². The molecule has 0 saturated heterocycles. The number of hydrogen-bond donors (Lipinski definition) is 1. The average Bonchev–Trinajstić information content (AvgIpc) is 2.30. The van der Waals surface area contributed by atoms with Crippen LogP contribution in [0.2, 0.25) is 0 Å². The van der Waals surface area contributed by atoms with Crippen LogP contribution < -0.4 is 56.5 Å². The van der Waals surface area contributed by atoms with E-state index in [4.69, 9.17) is 5.11 Å². The molecule has 0 heterocycles. The van der Waals surface area contributed by atoms with Gasteiger partial charge in [0, 0.05) is 0 Å². The van der Waals surface area contributed by atoms with Crippen molar-refractivity contribution >= 4 is 5.97 Å². The zero-order chi connectivity index (χ0) is 12.7. The van der Waals surface area contributed by atoms with E-state index in [0.717, 1.165) is 24.8 Å². The fraction of sp³-hybridized carbons (Fsp3) is 0.500. The van der Waals surface area contributed by atoms with Crippen LogP contribution in [0.1, 0.15) is 54.9 Å². The molecule has 0 spiro atoms. The number of hydrogen-bond acceptors (Lipinski definition) is 2. The Bertz CT molecular complexity index is 377. The monoisotopic (exact) mass is 274 g/mol. The zero-order valence-corrected chi connectivity index (χ0v) is 14.4. The molecular weight excluding hydrogens is 255 g/mol. The van der Waals surface area contributed by atoms with Gasteiger partial charge in [0.1, 0.15) is 0 Å². The SMILES string of the molecule is CCCCCCCc1ccc([O-])cc1C(=O)O.[K+]. The van der Waals surface area contributed by atoms with Crippen molar-refractivity contribution < 1.29 is 66.4 Å². The summed E-state index contributed by atoms with van der Waals surface area (Å²) in [4.78, 5) is 11.0. The first-order valence-corrected chi connectivity index (χ1v) is 6.18. The molecule has 0 bridgehead atoms. The quantitative estimate of drug-likeness (QED) is 0.561. The Hall–Kier alpha value is 0.126. The Morgan fingerprint density at radius 1 is 1.22 bits per heavy atom. The van der Waals surface area contributed by atoms with E-state index in [2.05, 4.69) is 6.92 Å². The molecule has 0 radical (unpaired) electrons. The van der Waals surface area contributed by atoms with E-state index in [0.29, 0.717) is 0 Å². The molecule has 0 aliphatic carbocycles. The van der Waals surface area contributed by atoms with Crippen LogP contribution in [0, 0.1) is 0 Å². The summed E-state index contributed by atoms with van der Waals surface area (Å²) < 4.78 is 0. The Morgan fingerprint density at radius 3 is 2.50 bits per heavy atom. The Morgan fingerprint density at radius 2 is 1.89 bits per heavy atom. The maximum absolute atomic E-state index is 11.1. The summed E-state index contributed by atoms with van der Waals surface area (Å²) in [5.74, 6) is -1.25. The van der Waals surface area contributed by atoms with Crippen molar-refractivity contribution in [2.24, 2.45) is 0 Å². The van der Waals surface area contributed by atoms with Crippen molar-refractivity contribution in [3.05, 3.63) is 29.3 Å². The number of rotatable bonds is 7. The van der Waals surface area contributed by atoms with Crippen LogP contribution in [0.25, 0.3) is 0 Å². The Balaban J connectivity index is 0.00000289. The molecular formula is C14H19KO3. The smallest absolute Gasteiger partial charge is 0.872 e. The third kappa shape index (κ3) is 6.34. The summed E-state index contributed by atoms with van der Waals surface area (Å²) in [5.41, 5.74) is 0.932. The van der Waals surface area contributed by atoms with E-state index in [1.165, 1.54) is 31.4 Å². The second kappa shape index (κ2) is 9.98. The summed E-state index contributed by atoms with van der Waals surface area (Å²) in [5, 5.41) is 20.1. The molecule has 0 unspecified atom stereocenters. The topological polar surface area (TPSA) is 60.4 Å². The molecule has 0 saturated carbocycles. The molecule has 0 aliphatic heterocycles. The second-order valence-electron chi connectivity index (χ2n) is 4.29. The Kier molecular flexibility index (Phi) is 10.0.